The number of aryl methyl sites for hydroxylation is 1. The van der Waals surface area contributed by atoms with Crippen LogP contribution >= 0.6 is 35.0 Å². The van der Waals surface area contributed by atoms with Gasteiger partial charge in [-0.3, -0.25) is 0 Å². The Bertz CT molecular complexity index is 1060. The Morgan fingerprint density at radius 3 is 2.52 bits per heavy atom. The molecule has 0 saturated heterocycles. The van der Waals surface area contributed by atoms with Gasteiger partial charge < -0.3 is 14.6 Å². The van der Waals surface area contributed by atoms with E-state index < -0.39 is 19.2 Å². The highest BCUT2D eigenvalue weighted by molar-refractivity contribution is 7.99. The van der Waals surface area contributed by atoms with Crippen LogP contribution < -0.4 is 9.47 Å². The number of nitrogens with zero attached hydrogens (tertiary/aromatic N) is 1. The number of aromatic nitrogens is 1. The van der Waals surface area contributed by atoms with E-state index in [1.54, 1.807) is 31.2 Å². The van der Waals surface area contributed by atoms with Crippen LogP contribution in [0.3, 0.4) is 0 Å². The zero-order valence-electron chi connectivity index (χ0n) is 14.8. The average molecular weight is 460 g/mol. The number of benzene rings is 2. The molecule has 0 bridgehead atoms. The van der Waals surface area contributed by atoms with Gasteiger partial charge in [-0.25, -0.2) is 9.78 Å². The highest BCUT2D eigenvalue weighted by Gasteiger charge is 2.23. The van der Waals surface area contributed by atoms with E-state index in [4.69, 9.17) is 37.8 Å². The Morgan fingerprint density at radius 2 is 1.90 bits per heavy atom. The molecular formula is C19H13Cl2F2NO4S. The van der Waals surface area contributed by atoms with Crippen LogP contribution in [0.15, 0.2) is 46.2 Å². The highest BCUT2D eigenvalue weighted by atomic mass is 35.5. The zero-order valence-corrected chi connectivity index (χ0v) is 17.1. The molecule has 0 aliphatic rings. The molecule has 152 valence electrons. The maximum absolute atomic E-state index is 13.3. The van der Waals surface area contributed by atoms with Crippen LogP contribution in [0.25, 0.3) is 10.9 Å². The second-order valence-corrected chi connectivity index (χ2v) is 7.67. The number of ether oxygens (including phenoxy) is 2. The minimum absolute atomic E-state index is 0.0212. The Hall–Kier alpha value is -2.29. The fraction of sp³-hybridized carbons (Fsp3) is 0.158. The Morgan fingerprint density at radius 1 is 1.21 bits per heavy atom. The molecule has 0 fully saturated rings. The SMILES string of the molecule is Cc1nc2c(Cl)ccc(OCC(=O)O)c2c(OC(F)F)c1Sc1ccc(Cl)cc1. The number of alkyl halides is 2. The molecule has 3 rings (SSSR count). The van der Waals surface area contributed by atoms with Crippen LogP contribution in [0.2, 0.25) is 10.0 Å². The van der Waals surface area contributed by atoms with Gasteiger partial charge in [-0.2, -0.15) is 8.78 Å². The van der Waals surface area contributed by atoms with Gasteiger partial charge in [0.1, 0.15) is 5.75 Å². The van der Waals surface area contributed by atoms with Crippen molar-refractivity contribution < 1.29 is 28.2 Å². The van der Waals surface area contributed by atoms with E-state index in [1.807, 2.05) is 0 Å². The Balaban J connectivity index is 2.23. The number of pyridine rings is 1. The fourth-order valence-electron chi connectivity index (χ4n) is 2.57. The molecule has 2 aromatic carbocycles. The molecule has 5 nitrogen and oxygen atoms in total. The van der Waals surface area contributed by atoms with E-state index >= 15 is 0 Å². The fourth-order valence-corrected chi connectivity index (χ4v) is 3.84. The number of hydrogen-bond donors (Lipinski definition) is 1. The number of rotatable bonds is 7. The lowest BCUT2D eigenvalue weighted by Gasteiger charge is -2.18. The molecular weight excluding hydrogens is 447 g/mol. The molecule has 0 aliphatic heterocycles. The quantitative estimate of drug-likeness (QED) is 0.462. The van der Waals surface area contributed by atoms with Gasteiger partial charge in [-0.05, 0) is 43.3 Å². The summed E-state index contributed by atoms with van der Waals surface area (Å²) in [6, 6.07) is 9.62. The largest absolute Gasteiger partial charge is 0.481 e. The van der Waals surface area contributed by atoms with Crippen molar-refractivity contribution in [3.05, 3.63) is 52.1 Å². The number of hydrogen-bond acceptors (Lipinski definition) is 5. The lowest BCUT2D eigenvalue weighted by molar-refractivity contribution is -0.139. The highest BCUT2D eigenvalue weighted by Crippen LogP contribution is 2.46. The molecule has 0 aliphatic carbocycles. The van der Waals surface area contributed by atoms with Gasteiger partial charge in [0.05, 0.1) is 26.5 Å². The van der Waals surface area contributed by atoms with E-state index in [2.05, 4.69) is 4.98 Å². The third kappa shape index (κ3) is 5.01. The van der Waals surface area contributed by atoms with Crippen molar-refractivity contribution >= 4 is 51.8 Å². The van der Waals surface area contributed by atoms with Crippen molar-refractivity contribution in [2.24, 2.45) is 0 Å². The topological polar surface area (TPSA) is 68.7 Å². The lowest BCUT2D eigenvalue weighted by atomic mass is 10.1. The summed E-state index contributed by atoms with van der Waals surface area (Å²) in [6.45, 7) is -2.16. The first kappa shape index (κ1) is 21.4. The molecule has 10 heteroatoms. The molecule has 3 aromatic rings. The van der Waals surface area contributed by atoms with Crippen molar-refractivity contribution in [2.45, 2.75) is 23.3 Å². The molecule has 0 radical (unpaired) electrons. The molecule has 1 N–H and O–H groups in total. The summed E-state index contributed by atoms with van der Waals surface area (Å²) in [4.78, 5) is 16.3. The van der Waals surface area contributed by atoms with Gasteiger partial charge in [-0.15, -0.1) is 0 Å². The van der Waals surface area contributed by atoms with E-state index in [0.29, 0.717) is 20.5 Å². The monoisotopic (exact) mass is 459 g/mol. The Labute approximate surface area is 178 Å². The second kappa shape index (κ2) is 9.02. The van der Waals surface area contributed by atoms with E-state index in [9.17, 15) is 13.6 Å². The summed E-state index contributed by atoms with van der Waals surface area (Å²) >= 11 is 13.3. The van der Waals surface area contributed by atoms with Gasteiger partial charge in [0.2, 0.25) is 0 Å². The Kier molecular flexibility index (Phi) is 6.66. The van der Waals surface area contributed by atoms with Gasteiger partial charge in [0.25, 0.3) is 0 Å². The molecule has 1 aromatic heterocycles. The second-order valence-electron chi connectivity index (χ2n) is 5.74. The summed E-state index contributed by atoms with van der Waals surface area (Å²) < 4.78 is 36.6. The predicted molar refractivity (Wildman–Crippen MR) is 107 cm³/mol. The maximum Gasteiger partial charge on any atom is 0.387 e. The first-order chi connectivity index (χ1) is 13.8. The number of fused-ring (bicyclic) bond motifs is 1. The number of carboxylic acids is 1. The molecule has 29 heavy (non-hydrogen) atoms. The number of carbonyl (C=O) groups is 1. The summed E-state index contributed by atoms with van der Waals surface area (Å²) in [5, 5.41) is 9.69. The molecule has 0 amide bonds. The third-order valence-corrected chi connectivity index (χ3v) is 5.47. The minimum atomic E-state index is -3.13. The standard InChI is InChI=1S/C19H13Cl2F2NO4S/c1-9-18(29-11-4-2-10(20)3-5-11)17(28-19(22)23)15-13(27-8-14(25)26)7-6-12(21)16(15)24-9/h2-7,19H,8H2,1H3,(H,25,26). The van der Waals surface area contributed by atoms with Gasteiger partial charge in [0, 0.05) is 9.92 Å². The van der Waals surface area contributed by atoms with Gasteiger partial charge >= 0.3 is 12.6 Å². The summed E-state index contributed by atoms with van der Waals surface area (Å²) in [5.74, 6) is -1.39. The van der Waals surface area contributed by atoms with Crippen LogP contribution in [-0.2, 0) is 4.79 Å². The van der Waals surface area contributed by atoms with E-state index in [-0.39, 0.29) is 27.4 Å². The normalized spacial score (nSPS) is 11.1. The summed E-state index contributed by atoms with van der Waals surface area (Å²) in [6.07, 6.45) is 0. The molecule has 0 saturated carbocycles. The maximum atomic E-state index is 13.3. The molecule has 0 unspecified atom stereocenters. The minimum Gasteiger partial charge on any atom is -0.481 e. The smallest absolute Gasteiger partial charge is 0.387 e. The number of aliphatic carboxylic acids is 1. The third-order valence-electron chi connectivity index (χ3n) is 3.72. The number of halogens is 4. The van der Waals surface area contributed by atoms with Crippen molar-refractivity contribution in [1.29, 1.82) is 0 Å². The van der Waals surface area contributed by atoms with Crippen LogP contribution in [0.5, 0.6) is 11.5 Å². The van der Waals surface area contributed by atoms with Crippen molar-refractivity contribution in [2.75, 3.05) is 6.61 Å². The van der Waals surface area contributed by atoms with Crippen molar-refractivity contribution in [3.8, 4) is 11.5 Å². The average Bonchev–Trinajstić information content (AvgIpc) is 2.65. The predicted octanol–water partition coefficient (Wildman–Crippen LogP) is 6.07. The van der Waals surface area contributed by atoms with Crippen molar-refractivity contribution in [3.63, 3.8) is 0 Å². The van der Waals surface area contributed by atoms with Crippen LogP contribution in [0.1, 0.15) is 5.69 Å². The van der Waals surface area contributed by atoms with Crippen LogP contribution in [0, 0.1) is 6.92 Å². The molecule has 1 heterocycles. The van der Waals surface area contributed by atoms with Gasteiger partial charge in [0.15, 0.2) is 12.4 Å². The molecule has 0 spiro atoms. The van der Waals surface area contributed by atoms with Crippen LogP contribution in [-0.4, -0.2) is 29.3 Å². The lowest BCUT2D eigenvalue weighted by Crippen LogP contribution is -2.11. The molecule has 0 atom stereocenters. The van der Waals surface area contributed by atoms with E-state index in [0.717, 1.165) is 11.8 Å². The van der Waals surface area contributed by atoms with Crippen LogP contribution in [0.4, 0.5) is 8.78 Å². The first-order valence-corrected chi connectivity index (χ1v) is 9.69. The van der Waals surface area contributed by atoms with Crippen molar-refractivity contribution in [1.82, 2.24) is 4.98 Å². The first-order valence-electron chi connectivity index (χ1n) is 8.12. The summed E-state index contributed by atoms with van der Waals surface area (Å²) in [5.41, 5.74) is 0.577. The summed E-state index contributed by atoms with van der Waals surface area (Å²) in [7, 11) is 0. The number of carboxylic acid groups (broad SMARTS) is 1. The van der Waals surface area contributed by atoms with Gasteiger partial charge in [-0.1, -0.05) is 35.0 Å². The zero-order chi connectivity index (χ0) is 21.1. The van der Waals surface area contributed by atoms with E-state index in [1.165, 1.54) is 12.1 Å².